The van der Waals surface area contributed by atoms with Crippen molar-refractivity contribution in [3.8, 4) is 11.3 Å². The van der Waals surface area contributed by atoms with Crippen LogP contribution in [0.25, 0.3) is 22.2 Å². The fourth-order valence-corrected chi connectivity index (χ4v) is 6.76. The van der Waals surface area contributed by atoms with Gasteiger partial charge in [-0.3, -0.25) is 9.52 Å². The van der Waals surface area contributed by atoms with E-state index >= 15 is 0 Å². The van der Waals surface area contributed by atoms with E-state index in [9.17, 15) is 13.2 Å². The Hall–Kier alpha value is -3.66. The number of aryl methyl sites for hydroxylation is 1. The molecule has 1 amide bonds. The second-order valence-electron chi connectivity index (χ2n) is 13.4. The zero-order valence-corrected chi connectivity index (χ0v) is 29.3. The lowest BCUT2D eigenvalue weighted by Crippen LogP contribution is -2.40. The first-order valence-electron chi connectivity index (χ1n) is 16.9. The summed E-state index contributed by atoms with van der Waals surface area (Å²) in [5, 5.41) is 4.76. The minimum atomic E-state index is -3.27. The number of benzene rings is 3. The Bertz CT molecular complexity index is 1750. The van der Waals surface area contributed by atoms with Gasteiger partial charge < -0.3 is 19.9 Å². The highest BCUT2D eigenvalue weighted by molar-refractivity contribution is 7.92. The standard InChI is InChI=1S/C38H50N4O4S/c1-26(2)30-22-31(27(3)4)24-32(23-30)37-34(35-25-29(11-14-36(35)40-37)38(43)42-18-20-46-21-19-42)15-17-39-16-7-6-8-28-9-12-33(13-10-28)41-47(5,44)45/h9-14,22-27,39-41H,6-8,15-21H2,1-5H3. The molecule has 1 aliphatic rings. The monoisotopic (exact) mass is 658 g/mol. The van der Waals surface area contributed by atoms with Crippen LogP contribution in [-0.4, -0.2) is 69.9 Å². The van der Waals surface area contributed by atoms with Crippen molar-refractivity contribution in [3.05, 3.63) is 88.5 Å². The van der Waals surface area contributed by atoms with Gasteiger partial charge in [0.05, 0.1) is 19.5 Å². The Morgan fingerprint density at radius 2 is 1.55 bits per heavy atom. The first-order chi connectivity index (χ1) is 22.5. The fraction of sp³-hybridized carbons (Fsp3) is 0.447. The van der Waals surface area contributed by atoms with Crippen molar-refractivity contribution in [2.24, 2.45) is 0 Å². The lowest BCUT2D eigenvalue weighted by atomic mass is 9.91. The van der Waals surface area contributed by atoms with E-state index < -0.39 is 10.0 Å². The van der Waals surface area contributed by atoms with Gasteiger partial charge in [0, 0.05) is 40.9 Å². The van der Waals surface area contributed by atoms with E-state index in [0.29, 0.717) is 43.8 Å². The number of hydrogen-bond acceptors (Lipinski definition) is 5. The first kappa shape index (κ1) is 34.7. The molecule has 8 nitrogen and oxygen atoms in total. The van der Waals surface area contributed by atoms with Gasteiger partial charge in [0.15, 0.2) is 0 Å². The SMILES string of the molecule is CC(C)c1cc(-c2[nH]c3ccc(C(=O)N4CCOCC4)cc3c2CCNCCCCc2ccc(NS(C)(=O)=O)cc2)cc(C(C)C)c1. The quantitative estimate of drug-likeness (QED) is 0.126. The number of rotatable bonds is 14. The molecule has 0 spiro atoms. The minimum absolute atomic E-state index is 0.0622. The van der Waals surface area contributed by atoms with Gasteiger partial charge >= 0.3 is 0 Å². The highest BCUT2D eigenvalue weighted by Gasteiger charge is 2.21. The number of anilines is 1. The molecule has 4 aromatic rings. The van der Waals surface area contributed by atoms with Crippen LogP contribution in [0.2, 0.25) is 0 Å². The number of ether oxygens (including phenoxy) is 1. The summed E-state index contributed by atoms with van der Waals surface area (Å²) in [6, 6.07) is 20.7. The summed E-state index contributed by atoms with van der Waals surface area (Å²) in [5.41, 5.74) is 9.79. The van der Waals surface area contributed by atoms with Gasteiger partial charge in [0.1, 0.15) is 0 Å². The molecule has 3 aromatic carbocycles. The van der Waals surface area contributed by atoms with Crippen LogP contribution in [0.3, 0.4) is 0 Å². The molecule has 47 heavy (non-hydrogen) atoms. The van der Waals surface area contributed by atoms with Gasteiger partial charge in [-0.15, -0.1) is 0 Å². The van der Waals surface area contributed by atoms with Gasteiger partial charge in [0.25, 0.3) is 5.91 Å². The number of H-pyrrole nitrogens is 1. The molecule has 2 heterocycles. The number of carbonyl (C=O) groups excluding carboxylic acids is 1. The lowest BCUT2D eigenvalue weighted by Gasteiger charge is -2.26. The van der Waals surface area contributed by atoms with Crippen molar-refractivity contribution < 1.29 is 17.9 Å². The van der Waals surface area contributed by atoms with E-state index in [-0.39, 0.29) is 5.91 Å². The van der Waals surface area contributed by atoms with Crippen LogP contribution in [0, 0.1) is 0 Å². The lowest BCUT2D eigenvalue weighted by molar-refractivity contribution is 0.0303. The van der Waals surface area contributed by atoms with Gasteiger partial charge in [-0.05, 0) is 121 Å². The molecule has 0 atom stereocenters. The summed E-state index contributed by atoms with van der Waals surface area (Å²) in [7, 11) is -3.27. The predicted octanol–water partition coefficient (Wildman–Crippen LogP) is 7.08. The van der Waals surface area contributed by atoms with Crippen molar-refractivity contribution in [1.29, 1.82) is 0 Å². The molecule has 1 aromatic heterocycles. The Kier molecular flexibility index (Phi) is 11.4. The number of fused-ring (bicyclic) bond motifs is 1. The number of nitrogens with zero attached hydrogens (tertiary/aromatic N) is 1. The summed E-state index contributed by atoms with van der Waals surface area (Å²) < 4.78 is 30.9. The topological polar surface area (TPSA) is 104 Å². The first-order valence-corrected chi connectivity index (χ1v) is 18.8. The average molecular weight is 659 g/mol. The van der Waals surface area contributed by atoms with Gasteiger partial charge in [0.2, 0.25) is 10.0 Å². The second kappa shape index (κ2) is 15.5. The molecule has 0 saturated carbocycles. The molecular weight excluding hydrogens is 609 g/mol. The molecule has 1 fully saturated rings. The number of aromatic amines is 1. The molecule has 0 aliphatic carbocycles. The zero-order valence-electron chi connectivity index (χ0n) is 28.5. The number of morpholine rings is 1. The predicted molar refractivity (Wildman–Crippen MR) is 193 cm³/mol. The van der Waals surface area contributed by atoms with Crippen molar-refractivity contribution >= 4 is 32.5 Å². The van der Waals surface area contributed by atoms with E-state index in [0.717, 1.165) is 67.2 Å². The molecule has 1 aliphatic heterocycles. The number of unbranched alkanes of at least 4 members (excludes halogenated alkanes) is 1. The number of nitrogens with one attached hydrogen (secondary N) is 3. The van der Waals surface area contributed by atoms with Crippen molar-refractivity contribution in [2.75, 3.05) is 50.4 Å². The minimum Gasteiger partial charge on any atom is -0.378 e. The molecule has 3 N–H and O–H groups in total. The molecule has 0 unspecified atom stereocenters. The van der Waals surface area contributed by atoms with E-state index in [4.69, 9.17) is 4.74 Å². The number of carbonyl (C=O) groups is 1. The number of amides is 1. The van der Waals surface area contributed by atoms with E-state index in [2.05, 4.69) is 73.0 Å². The Morgan fingerprint density at radius 1 is 0.872 bits per heavy atom. The number of aromatic nitrogens is 1. The fourth-order valence-electron chi connectivity index (χ4n) is 6.19. The van der Waals surface area contributed by atoms with Crippen LogP contribution >= 0.6 is 0 Å². The maximum Gasteiger partial charge on any atom is 0.254 e. The van der Waals surface area contributed by atoms with Gasteiger partial charge in [-0.2, -0.15) is 0 Å². The van der Waals surface area contributed by atoms with Crippen LogP contribution in [0.1, 0.15) is 85.0 Å². The second-order valence-corrected chi connectivity index (χ2v) is 15.1. The highest BCUT2D eigenvalue weighted by atomic mass is 32.2. The van der Waals surface area contributed by atoms with Gasteiger partial charge in [-0.25, -0.2) is 8.42 Å². The Labute approximate surface area is 280 Å². The van der Waals surface area contributed by atoms with Crippen LogP contribution in [0.15, 0.2) is 60.7 Å². The summed E-state index contributed by atoms with van der Waals surface area (Å²) >= 11 is 0. The Morgan fingerprint density at radius 3 is 2.19 bits per heavy atom. The molecular formula is C38H50N4O4S. The van der Waals surface area contributed by atoms with Gasteiger partial charge in [-0.1, -0.05) is 45.9 Å². The van der Waals surface area contributed by atoms with Crippen molar-refractivity contribution in [1.82, 2.24) is 15.2 Å². The molecule has 5 rings (SSSR count). The third-order valence-corrected chi connectivity index (χ3v) is 9.54. The molecule has 9 heteroatoms. The van der Waals surface area contributed by atoms with Crippen LogP contribution < -0.4 is 10.0 Å². The Balaban J connectivity index is 1.30. The summed E-state index contributed by atoms with van der Waals surface area (Å²) in [6.07, 6.45) is 5.01. The maximum atomic E-state index is 13.4. The molecule has 1 saturated heterocycles. The van der Waals surface area contributed by atoms with E-state index in [1.807, 2.05) is 35.2 Å². The van der Waals surface area contributed by atoms with Crippen molar-refractivity contribution in [3.63, 3.8) is 0 Å². The van der Waals surface area contributed by atoms with E-state index in [1.165, 1.54) is 27.8 Å². The summed E-state index contributed by atoms with van der Waals surface area (Å²) in [6.45, 7) is 13.1. The molecule has 0 radical (unpaired) electrons. The average Bonchev–Trinajstić information content (AvgIpc) is 3.42. The third-order valence-electron chi connectivity index (χ3n) is 8.93. The van der Waals surface area contributed by atoms with Crippen LogP contribution in [0.5, 0.6) is 0 Å². The highest BCUT2D eigenvalue weighted by Crippen LogP contribution is 2.35. The third kappa shape index (κ3) is 9.24. The van der Waals surface area contributed by atoms with Crippen molar-refractivity contribution in [2.45, 2.75) is 65.2 Å². The van der Waals surface area contributed by atoms with E-state index in [1.54, 1.807) is 0 Å². The maximum absolute atomic E-state index is 13.4. The zero-order chi connectivity index (χ0) is 33.6. The smallest absolute Gasteiger partial charge is 0.254 e. The summed E-state index contributed by atoms with van der Waals surface area (Å²) in [4.78, 5) is 19.1. The largest absolute Gasteiger partial charge is 0.378 e. The number of sulfonamides is 1. The van der Waals surface area contributed by atoms with Crippen LogP contribution in [0.4, 0.5) is 5.69 Å². The number of hydrogen-bond donors (Lipinski definition) is 3. The summed E-state index contributed by atoms with van der Waals surface area (Å²) in [5.74, 6) is 0.899. The molecule has 252 valence electrons. The van der Waals surface area contributed by atoms with Crippen LogP contribution in [-0.2, 0) is 27.6 Å². The molecule has 0 bridgehead atoms. The normalized spacial score (nSPS) is 14.0.